The van der Waals surface area contributed by atoms with Gasteiger partial charge in [0.05, 0.1) is 17.2 Å². The fourth-order valence-corrected chi connectivity index (χ4v) is 6.58. The van der Waals surface area contributed by atoms with Crippen molar-refractivity contribution >= 4 is 43.5 Å². The topological polar surface area (TPSA) is 96.0 Å². The Morgan fingerprint density at radius 2 is 1.62 bits per heavy atom. The van der Waals surface area contributed by atoms with E-state index < -0.39 is 34.3 Å². The van der Waals surface area contributed by atoms with E-state index in [1.807, 2.05) is 31.2 Å². The molecule has 3 aromatic rings. The van der Waals surface area contributed by atoms with Gasteiger partial charge < -0.3 is 15.0 Å². The lowest BCUT2D eigenvalue weighted by Gasteiger charge is -2.32. The molecule has 1 fully saturated rings. The van der Waals surface area contributed by atoms with Gasteiger partial charge in [0.1, 0.15) is 24.2 Å². The van der Waals surface area contributed by atoms with Crippen molar-refractivity contribution in [3.63, 3.8) is 0 Å². The van der Waals surface area contributed by atoms with Crippen molar-refractivity contribution in [1.29, 1.82) is 0 Å². The largest absolute Gasteiger partial charge is 0.494 e. The molecule has 0 saturated heterocycles. The van der Waals surface area contributed by atoms with E-state index in [0.29, 0.717) is 12.4 Å². The standard InChI is InChI=1S/C31H35BrFN3O5S/c1-3-41-28-16-14-27(15-17-28)36(42(39,40)29-18-12-25(33)13-19-29)21-30(37)35(20-23-8-10-24(32)11-9-23)22(2)31(38)34-26-6-4-5-7-26/h8-19,22,26H,3-7,20-21H2,1-2H3,(H,34,38)/t22-/m1/s1. The second-order valence-corrected chi connectivity index (χ2v) is 13.0. The summed E-state index contributed by atoms with van der Waals surface area (Å²) >= 11 is 3.41. The third-order valence-corrected chi connectivity index (χ3v) is 9.57. The maximum Gasteiger partial charge on any atom is 0.264 e. The molecule has 3 aromatic carbocycles. The minimum absolute atomic E-state index is 0.0591. The number of halogens is 2. The van der Waals surface area contributed by atoms with Crippen LogP contribution in [-0.2, 0) is 26.2 Å². The average Bonchev–Trinajstić information content (AvgIpc) is 3.49. The number of amides is 2. The van der Waals surface area contributed by atoms with Crippen LogP contribution in [0, 0.1) is 5.82 Å². The Labute approximate surface area is 255 Å². The number of carbonyl (C=O) groups excluding carboxylic acids is 2. The molecular weight excluding hydrogens is 625 g/mol. The zero-order chi connectivity index (χ0) is 30.3. The number of anilines is 1. The SMILES string of the molecule is CCOc1ccc(N(CC(=O)N(Cc2ccc(Br)cc2)[C@H](C)C(=O)NC2CCCC2)S(=O)(=O)c2ccc(F)cc2)cc1. The number of ether oxygens (including phenoxy) is 1. The first-order chi connectivity index (χ1) is 20.1. The van der Waals surface area contributed by atoms with Crippen LogP contribution in [0.5, 0.6) is 5.75 Å². The molecule has 0 aromatic heterocycles. The van der Waals surface area contributed by atoms with Crippen LogP contribution in [0.15, 0.2) is 82.2 Å². The van der Waals surface area contributed by atoms with E-state index in [-0.39, 0.29) is 29.1 Å². The Hall–Kier alpha value is -3.44. The number of hydrogen-bond donors (Lipinski definition) is 1. The van der Waals surface area contributed by atoms with Gasteiger partial charge in [-0.25, -0.2) is 12.8 Å². The first-order valence-corrected chi connectivity index (χ1v) is 16.2. The summed E-state index contributed by atoms with van der Waals surface area (Å²) in [5.74, 6) is -0.894. The fourth-order valence-electron chi connectivity index (χ4n) is 4.90. The highest BCUT2D eigenvalue weighted by Gasteiger charge is 2.33. The predicted octanol–water partition coefficient (Wildman–Crippen LogP) is 5.66. The van der Waals surface area contributed by atoms with E-state index in [1.165, 1.54) is 4.90 Å². The lowest BCUT2D eigenvalue weighted by molar-refractivity contribution is -0.139. The molecule has 1 N–H and O–H groups in total. The van der Waals surface area contributed by atoms with Crippen LogP contribution in [0.1, 0.15) is 45.1 Å². The molecule has 11 heteroatoms. The molecule has 0 aliphatic heterocycles. The van der Waals surface area contributed by atoms with Gasteiger partial charge in [-0.15, -0.1) is 0 Å². The second-order valence-electron chi connectivity index (χ2n) is 10.2. The Morgan fingerprint density at radius 3 is 2.21 bits per heavy atom. The molecule has 224 valence electrons. The van der Waals surface area contributed by atoms with E-state index in [9.17, 15) is 22.4 Å². The number of benzene rings is 3. The highest BCUT2D eigenvalue weighted by atomic mass is 79.9. The lowest BCUT2D eigenvalue weighted by atomic mass is 10.1. The summed E-state index contributed by atoms with van der Waals surface area (Å²) in [6.45, 7) is 3.43. The summed E-state index contributed by atoms with van der Waals surface area (Å²) in [5, 5.41) is 3.05. The maximum atomic E-state index is 14.0. The van der Waals surface area contributed by atoms with E-state index in [1.54, 1.807) is 31.2 Å². The number of sulfonamides is 1. The highest BCUT2D eigenvalue weighted by Crippen LogP contribution is 2.27. The molecule has 0 radical (unpaired) electrons. The lowest BCUT2D eigenvalue weighted by Crippen LogP contribution is -2.52. The van der Waals surface area contributed by atoms with Crippen LogP contribution in [0.4, 0.5) is 10.1 Å². The van der Waals surface area contributed by atoms with Crippen LogP contribution in [-0.4, -0.2) is 50.4 Å². The van der Waals surface area contributed by atoms with Gasteiger partial charge in [0, 0.05) is 17.1 Å². The average molecular weight is 661 g/mol. The summed E-state index contributed by atoms with van der Waals surface area (Å²) in [6, 6.07) is 17.3. The van der Waals surface area contributed by atoms with Crippen LogP contribution in [0.3, 0.4) is 0 Å². The number of rotatable bonds is 12. The molecule has 0 bridgehead atoms. The van der Waals surface area contributed by atoms with Crippen LogP contribution < -0.4 is 14.4 Å². The van der Waals surface area contributed by atoms with Gasteiger partial charge in [-0.05, 0) is 92.9 Å². The van der Waals surface area contributed by atoms with Crippen molar-refractivity contribution < 1.29 is 27.1 Å². The van der Waals surface area contributed by atoms with Gasteiger partial charge in [0.25, 0.3) is 10.0 Å². The monoisotopic (exact) mass is 659 g/mol. The molecule has 0 heterocycles. The molecule has 0 spiro atoms. The summed E-state index contributed by atoms with van der Waals surface area (Å²) in [7, 11) is -4.30. The first-order valence-electron chi connectivity index (χ1n) is 13.9. The van der Waals surface area contributed by atoms with Crippen LogP contribution in [0.2, 0.25) is 0 Å². The van der Waals surface area contributed by atoms with Crippen molar-refractivity contribution in [2.45, 2.75) is 63.1 Å². The molecule has 1 aliphatic rings. The number of nitrogens with one attached hydrogen (secondary N) is 1. The Balaban J connectivity index is 1.68. The van der Waals surface area contributed by atoms with E-state index >= 15 is 0 Å². The Morgan fingerprint density at radius 1 is 1.00 bits per heavy atom. The van der Waals surface area contributed by atoms with Gasteiger partial charge in [0.15, 0.2) is 0 Å². The molecule has 8 nitrogen and oxygen atoms in total. The van der Waals surface area contributed by atoms with Gasteiger partial charge in [-0.2, -0.15) is 0 Å². The summed E-state index contributed by atoms with van der Waals surface area (Å²) in [5.41, 5.74) is 1.00. The fraction of sp³-hybridized carbons (Fsp3) is 0.355. The van der Waals surface area contributed by atoms with Crippen molar-refractivity contribution in [3.05, 3.63) is 88.6 Å². The molecule has 1 atom stereocenters. The van der Waals surface area contributed by atoms with Crippen molar-refractivity contribution in [1.82, 2.24) is 10.2 Å². The van der Waals surface area contributed by atoms with Crippen LogP contribution >= 0.6 is 15.9 Å². The zero-order valence-electron chi connectivity index (χ0n) is 23.6. The number of hydrogen-bond acceptors (Lipinski definition) is 5. The van der Waals surface area contributed by atoms with Crippen molar-refractivity contribution in [2.24, 2.45) is 0 Å². The molecule has 0 unspecified atom stereocenters. The maximum absolute atomic E-state index is 14.0. The molecule has 2 amide bonds. The predicted molar refractivity (Wildman–Crippen MR) is 163 cm³/mol. The second kappa shape index (κ2) is 14.2. The Bertz CT molecular complexity index is 1460. The third kappa shape index (κ3) is 7.89. The van der Waals surface area contributed by atoms with Gasteiger partial charge >= 0.3 is 0 Å². The molecule has 4 rings (SSSR count). The zero-order valence-corrected chi connectivity index (χ0v) is 26.0. The van der Waals surface area contributed by atoms with Gasteiger partial charge in [-0.3, -0.25) is 13.9 Å². The smallest absolute Gasteiger partial charge is 0.264 e. The minimum Gasteiger partial charge on any atom is -0.494 e. The minimum atomic E-state index is -4.30. The summed E-state index contributed by atoms with van der Waals surface area (Å²) < 4.78 is 48.7. The number of nitrogens with zero attached hydrogens (tertiary/aromatic N) is 2. The van der Waals surface area contributed by atoms with Crippen molar-refractivity contribution in [2.75, 3.05) is 17.5 Å². The van der Waals surface area contributed by atoms with Crippen LogP contribution in [0.25, 0.3) is 0 Å². The van der Waals surface area contributed by atoms with E-state index in [4.69, 9.17) is 4.74 Å². The number of carbonyl (C=O) groups is 2. The summed E-state index contributed by atoms with van der Waals surface area (Å²) in [4.78, 5) is 28.6. The quantitative estimate of drug-likeness (QED) is 0.271. The summed E-state index contributed by atoms with van der Waals surface area (Å²) in [6.07, 6.45) is 3.86. The molecule has 1 saturated carbocycles. The highest BCUT2D eigenvalue weighted by molar-refractivity contribution is 9.10. The Kier molecular flexibility index (Phi) is 10.6. The third-order valence-electron chi connectivity index (χ3n) is 7.25. The first kappa shape index (κ1) is 31.5. The van der Waals surface area contributed by atoms with Gasteiger partial charge in [0.2, 0.25) is 11.8 Å². The van der Waals surface area contributed by atoms with E-state index in [0.717, 1.165) is 64.3 Å². The molecular formula is C31H35BrFN3O5S. The van der Waals surface area contributed by atoms with Gasteiger partial charge in [-0.1, -0.05) is 40.9 Å². The molecule has 1 aliphatic carbocycles. The normalized spacial score (nSPS) is 14.3. The van der Waals surface area contributed by atoms with Crippen molar-refractivity contribution in [3.8, 4) is 5.75 Å². The molecule has 42 heavy (non-hydrogen) atoms. The van der Waals surface area contributed by atoms with E-state index in [2.05, 4.69) is 21.2 Å².